The van der Waals surface area contributed by atoms with Crippen LogP contribution in [-0.2, 0) is 0 Å². The number of rotatable bonds is 4. The zero-order valence-electron chi connectivity index (χ0n) is 11.0. The molecule has 0 aliphatic heterocycles. The molecule has 1 aliphatic rings. The largest absolute Gasteiger partial charge is 0.373 e. The molecule has 2 aromatic rings. The highest BCUT2D eigenvalue weighted by molar-refractivity contribution is 6.42. The number of nitrogens with zero attached hydrogens (tertiary/aromatic N) is 2. The zero-order valence-corrected chi connectivity index (χ0v) is 12.5. The van der Waals surface area contributed by atoms with Gasteiger partial charge in [0, 0.05) is 24.7 Å². The number of hydrogen-bond donors (Lipinski definition) is 2. The van der Waals surface area contributed by atoms with E-state index in [2.05, 4.69) is 20.6 Å². The molecule has 2 N–H and O–H groups in total. The third-order valence-electron chi connectivity index (χ3n) is 3.13. The molecule has 0 bridgehead atoms. The molecule has 1 aromatic heterocycles. The average molecular weight is 309 g/mol. The van der Waals surface area contributed by atoms with Crippen LogP contribution in [0.15, 0.2) is 24.3 Å². The first-order valence-corrected chi connectivity index (χ1v) is 7.20. The molecule has 6 heteroatoms. The van der Waals surface area contributed by atoms with E-state index in [1.807, 2.05) is 19.2 Å². The maximum absolute atomic E-state index is 6.01. The Bertz CT molecular complexity index is 641. The van der Waals surface area contributed by atoms with Gasteiger partial charge in [0.1, 0.15) is 17.5 Å². The highest BCUT2D eigenvalue weighted by atomic mass is 35.5. The molecule has 1 fully saturated rings. The quantitative estimate of drug-likeness (QED) is 0.876. The van der Waals surface area contributed by atoms with Gasteiger partial charge in [0.25, 0.3) is 0 Å². The van der Waals surface area contributed by atoms with Crippen molar-refractivity contribution < 1.29 is 0 Å². The van der Waals surface area contributed by atoms with Gasteiger partial charge in [-0.1, -0.05) is 23.2 Å². The first kappa shape index (κ1) is 13.5. The predicted molar refractivity (Wildman–Crippen MR) is 83.3 cm³/mol. The minimum absolute atomic E-state index is 0.498. The number of anilines is 3. The minimum atomic E-state index is 0.498. The number of nitrogens with one attached hydrogen (secondary N) is 2. The fourth-order valence-corrected chi connectivity index (χ4v) is 2.20. The molecule has 3 rings (SSSR count). The monoisotopic (exact) mass is 308 g/mol. The van der Waals surface area contributed by atoms with Crippen molar-refractivity contribution in [3.05, 3.63) is 40.1 Å². The summed E-state index contributed by atoms with van der Waals surface area (Å²) in [6.07, 6.45) is 2.33. The van der Waals surface area contributed by atoms with E-state index < -0.39 is 0 Å². The van der Waals surface area contributed by atoms with Crippen molar-refractivity contribution >= 4 is 40.5 Å². The molecule has 1 saturated carbocycles. The lowest BCUT2D eigenvalue weighted by Gasteiger charge is -2.10. The molecule has 104 valence electrons. The third-order valence-corrected chi connectivity index (χ3v) is 3.87. The summed E-state index contributed by atoms with van der Waals surface area (Å²) in [6, 6.07) is 7.27. The van der Waals surface area contributed by atoms with Gasteiger partial charge in [-0.05, 0) is 31.0 Å². The third kappa shape index (κ3) is 2.97. The standard InChI is InChI=1S/C14H14Cl2N4/c1-17-12-7-13(20-14(19-12)8-2-3-8)18-9-4-5-10(15)11(16)6-9/h4-8H,2-3H2,1H3,(H2,17,18,19,20). The first-order valence-electron chi connectivity index (χ1n) is 6.44. The smallest absolute Gasteiger partial charge is 0.136 e. The highest BCUT2D eigenvalue weighted by Gasteiger charge is 2.27. The van der Waals surface area contributed by atoms with Crippen LogP contribution in [0.25, 0.3) is 0 Å². The van der Waals surface area contributed by atoms with E-state index in [1.165, 1.54) is 12.8 Å². The molecule has 0 saturated heterocycles. The molecule has 0 unspecified atom stereocenters. The average Bonchev–Trinajstić information content (AvgIpc) is 3.27. The van der Waals surface area contributed by atoms with Crippen LogP contribution in [0.5, 0.6) is 0 Å². The lowest BCUT2D eigenvalue weighted by atomic mass is 10.3. The fourth-order valence-electron chi connectivity index (χ4n) is 1.90. The molecule has 1 heterocycles. The second kappa shape index (κ2) is 5.46. The molecular formula is C14H14Cl2N4. The van der Waals surface area contributed by atoms with Gasteiger partial charge in [-0.2, -0.15) is 0 Å². The molecule has 20 heavy (non-hydrogen) atoms. The summed E-state index contributed by atoms with van der Waals surface area (Å²) >= 11 is 11.9. The van der Waals surface area contributed by atoms with Crippen molar-refractivity contribution in [3.8, 4) is 0 Å². The molecule has 1 aliphatic carbocycles. The van der Waals surface area contributed by atoms with E-state index in [0.717, 1.165) is 23.1 Å². The van der Waals surface area contributed by atoms with Gasteiger partial charge >= 0.3 is 0 Å². The van der Waals surface area contributed by atoms with Crippen LogP contribution in [0.4, 0.5) is 17.3 Å². The first-order chi connectivity index (χ1) is 9.65. The molecule has 0 radical (unpaired) electrons. The Morgan fingerprint density at radius 2 is 1.80 bits per heavy atom. The summed E-state index contributed by atoms with van der Waals surface area (Å²) in [5.74, 6) is 2.95. The van der Waals surface area contributed by atoms with Gasteiger partial charge in [-0.3, -0.25) is 0 Å². The van der Waals surface area contributed by atoms with Crippen LogP contribution in [0.1, 0.15) is 24.6 Å². The lowest BCUT2D eigenvalue weighted by Crippen LogP contribution is -2.03. The van der Waals surface area contributed by atoms with E-state index in [4.69, 9.17) is 23.2 Å². The Hall–Kier alpha value is -1.52. The van der Waals surface area contributed by atoms with Crippen molar-refractivity contribution in [1.82, 2.24) is 9.97 Å². The van der Waals surface area contributed by atoms with Crippen LogP contribution in [-0.4, -0.2) is 17.0 Å². The maximum Gasteiger partial charge on any atom is 0.136 e. The van der Waals surface area contributed by atoms with Crippen LogP contribution in [0.3, 0.4) is 0 Å². The normalized spacial score (nSPS) is 14.2. The fraction of sp³-hybridized carbons (Fsp3) is 0.286. The second-order valence-electron chi connectivity index (χ2n) is 4.77. The van der Waals surface area contributed by atoms with E-state index in [0.29, 0.717) is 16.0 Å². The second-order valence-corrected chi connectivity index (χ2v) is 5.59. The maximum atomic E-state index is 6.01. The topological polar surface area (TPSA) is 49.8 Å². The van der Waals surface area contributed by atoms with Gasteiger partial charge in [0.05, 0.1) is 10.0 Å². The SMILES string of the molecule is CNc1cc(Nc2ccc(Cl)c(Cl)c2)nc(C2CC2)n1. The molecule has 0 spiro atoms. The molecule has 0 atom stereocenters. The van der Waals surface area contributed by atoms with Crippen LogP contribution in [0, 0.1) is 0 Å². The Kier molecular flexibility index (Phi) is 3.68. The zero-order chi connectivity index (χ0) is 14.1. The minimum Gasteiger partial charge on any atom is -0.373 e. The Labute approximate surface area is 127 Å². The molecule has 4 nitrogen and oxygen atoms in total. The summed E-state index contributed by atoms with van der Waals surface area (Å²) in [6.45, 7) is 0. The van der Waals surface area contributed by atoms with Crippen molar-refractivity contribution in [1.29, 1.82) is 0 Å². The van der Waals surface area contributed by atoms with Gasteiger partial charge < -0.3 is 10.6 Å². The summed E-state index contributed by atoms with van der Waals surface area (Å²) in [5, 5.41) is 7.35. The van der Waals surface area contributed by atoms with Crippen molar-refractivity contribution in [2.45, 2.75) is 18.8 Å². The van der Waals surface area contributed by atoms with Crippen LogP contribution >= 0.6 is 23.2 Å². The highest BCUT2D eigenvalue weighted by Crippen LogP contribution is 2.39. The lowest BCUT2D eigenvalue weighted by molar-refractivity contribution is 0.932. The van der Waals surface area contributed by atoms with Crippen molar-refractivity contribution in [3.63, 3.8) is 0 Å². The van der Waals surface area contributed by atoms with E-state index in [9.17, 15) is 0 Å². The van der Waals surface area contributed by atoms with Gasteiger partial charge in [0.15, 0.2) is 0 Å². The van der Waals surface area contributed by atoms with E-state index in [1.54, 1.807) is 12.1 Å². The Balaban J connectivity index is 1.88. The molecular weight excluding hydrogens is 295 g/mol. The van der Waals surface area contributed by atoms with Gasteiger partial charge in [0.2, 0.25) is 0 Å². The number of benzene rings is 1. The predicted octanol–water partition coefficient (Wildman–Crippen LogP) is 4.45. The number of aromatic nitrogens is 2. The van der Waals surface area contributed by atoms with Crippen molar-refractivity contribution in [2.75, 3.05) is 17.7 Å². The van der Waals surface area contributed by atoms with Crippen LogP contribution < -0.4 is 10.6 Å². The summed E-state index contributed by atoms with van der Waals surface area (Å²) in [4.78, 5) is 9.03. The van der Waals surface area contributed by atoms with E-state index >= 15 is 0 Å². The van der Waals surface area contributed by atoms with Gasteiger partial charge in [-0.25, -0.2) is 9.97 Å². The number of halogens is 2. The number of hydrogen-bond acceptors (Lipinski definition) is 4. The Morgan fingerprint density at radius 1 is 1.05 bits per heavy atom. The van der Waals surface area contributed by atoms with E-state index in [-0.39, 0.29) is 0 Å². The Morgan fingerprint density at radius 3 is 2.45 bits per heavy atom. The summed E-state index contributed by atoms with van der Waals surface area (Å²) in [7, 11) is 1.85. The molecule has 1 aromatic carbocycles. The van der Waals surface area contributed by atoms with Gasteiger partial charge in [-0.15, -0.1) is 0 Å². The summed E-state index contributed by atoms with van der Waals surface area (Å²) in [5.41, 5.74) is 0.849. The van der Waals surface area contributed by atoms with Crippen molar-refractivity contribution in [2.24, 2.45) is 0 Å². The van der Waals surface area contributed by atoms with Crippen LogP contribution in [0.2, 0.25) is 10.0 Å². The summed E-state index contributed by atoms with van der Waals surface area (Å²) < 4.78 is 0. The molecule has 0 amide bonds.